The zero-order valence-corrected chi connectivity index (χ0v) is 13.0. The van der Waals surface area contributed by atoms with E-state index < -0.39 is 0 Å². The van der Waals surface area contributed by atoms with Crippen LogP contribution in [0.5, 0.6) is 11.5 Å². The van der Waals surface area contributed by atoms with Gasteiger partial charge in [0.25, 0.3) is 0 Å². The lowest BCUT2D eigenvalue weighted by atomic mass is 10.0. The summed E-state index contributed by atoms with van der Waals surface area (Å²) in [5.74, 6) is 1.54. The maximum atomic E-state index is 6.39. The molecule has 1 atom stereocenters. The van der Waals surface area contributed by atoms with Crippen LogP contribution in [-0.2, 0) is 6.42 Å². The van der Waals surface area contributed by atoms with Crippen LogP contribution in [-0.4, -0.2) is 19.6 Å². The smallest absolute Gasteiger partial charge is 0.160 e. The molecule has 1 aromatic carbocycles. The highest BCUT2D eigenvalue weighted by Crippen LogP contribution is 2.28. The number of halogens is 1. The van der Waals surface area contributed by atoms with Crippen molar-refractivity contribution in [3.8, 4) is 11.5 Å². The van der Waals surface area contributed by atoms with Crippen LogP contribution in [0.2, 0.25) is 0 Å². The SMILES string of the molecule is CCCCCCC(Cl)Cc1ccc(OC)c(OC)c1. The topological polar surface area (TPSA) is 18.5 Å². The summed E-state index contributed by atoms with van der Waals surface area (Å²) in [5, 5.41) is 0.204. The number of alkyl halides is 1. The molecule has 3 heteroatoms. The first-order chi connectivity index (χ1) is 9.21. The first kappa shape index (κ1) is 16.2. The first-order valence-electron chi connectivity index (χ1n) is 7.06. The molecular weight excluding hydrogens is 260 g/mol. The number of unbranched alkanes of at least 4 members (excludes halogenated alkanes) is 3. The molecule has 0 aliphatic carbocycles. The number of rotatable bonds is 9. The van der Waals surface area contributed by atoms with Crippen molar-refractivity contribution in [1.29, 1.82) is 0 Å². The van der Waals surface area contributed by atoms with Crippen LogP contribution in [0, 0.1) is 0 Å². The molecule has 19 heavy (non-hydrogen) atoms. The maximum Gasteiger partial charge on any atom is 0.160 e. The van der Waals surface area contributed by atoms with E-state index in [1.165, 1.54) is 31.2 Å². The standard InChI is InChI=1S/C16H25ClO2/c1-4-5-6-7-8-14(17)11-13-9-10-15(18-2)16(12-13)19-3/h9-10,12,14H,4-8,11H2,1-3H3. The number of methoxy groups -OCH3 is 2. The van der Waals surface area contributed by atoms with Gasteiger partial charge < -0.3 is 9.47 Å². The minimum atomic E-state index is 0.204. The van der Waals surface area contributed by atoms with Crippen LogP contribution >= 0.6 is 11.6 Å². The van der Waals surface area contributed by atoms with Gasteiger partial charge in [-0.05, 0) is 30.5 Å². The van der Waals surface area contributed by atoms with E-state index >= 15 is 0 Å². The Morgan fingerprint density at radius 2 is 1.79 bits per heavy atom. The molecule has 0 spiro atoms. The van der Waals surface area contributed by atoms with Gasteiger partial charge in [-0.2, -0.15) is 0 Å². The third kappa shape index (κ3) is 5.73. The van der Waals surface area contributed by atoms with E-state index in [0.717, 1.165) is 24.3 Å². The van der Waals surface area contributed by atoms with Crippen LogP contribution in [0.4, 0.5) is 0 Å². The lowest BCUT2D eigenvalue weighted by molar-refractivity contribution is 0.354. The molecule has 2 nitrogen and oxygen atoms in total. The summed E-state index contributed by atoms with van der Waals surface area (Å²) in [6.07, 6.45) is 7.04. The molecule has 1 rings (SSSR count). The fourth-order valence-corrected chi connectivity index (χ4v) is 2.49. The van der Waals surface area contributed by atoms with Crippen molar-refractivity contribution in [2.24, 2.45) is 0 Å². The van der Waals surface area contributed by atoms with Crippen molar-refractivity contribution in [2.75, 3.05) is 14.2 Å². The molecule has 0 fully saturated rings. The third-order valence-electron chi connectivity index (χ3n) is 3.28. The van der Waals surface area contributed by atoms with E-state index in [-0.39, 0.29) is 5.38 Å². The van der Waals surface area contributed by atoms with E-state index in [4.69, 9.17) is 21.1 Å². The maximum absolute atomic E-state index is 6.39. The summed E-state index contributed by atoms with van der Waals surface area (Å²) in [6, 6.07) is 6.01. The highest BCUT2D eigenvalue weighted by atomic mass is 35.5. The summed E-state index contributed by atoms with van der Waals surface area (Å²) in [7, 11) is 3.31. The average molecular weight is 285 g/mol. The fourth-order valence-electron chi connectivity index (χ4n) is 2.16. The molecule has 0 aliphatic heterocycles. The summed E-state index contributed by atoms with van der Waals surface area (Å²) in [5.41, 5.74) is 1.20. The van der Waals surface area contributed by atoms with Crippen LogP contribution < -0.4 is 9.47 Å². The Kier molecular flexibility index (Phi) is 7.73. The molecule has 0 radical (unpaired) electrons. The van der Waals surface area contributed by atoms with Crippen molar-refractivity contribution < 1.29 is 9.47 Å². The Hall–Kier alpha value is -0.890. The second kappa shape index (κ2) is 9.08. The number of benzene rings is 1. The molecule has 108 valence electrons. The molecule has 1 unspecified atom stereocenters. The minimum absolute atomic E-state index is 0.204. The van der Waals surface area contributed by atoms with Gasteiger partial charge in [0, 0.05) is 5.38 Å². The van der Waals surface area contributed by atoms with Crippen LogP contribution in [0.25, 0.3) is 0 Å². The van der Waals surface area contributed by atoms with Gasteiger partial charge in [0.05, 0.1) is 14.2 Å². The van der Waals surface area contributed by atoms with Crippen molar-refractivity contribution >= 4 is 11.6 Å². The second-order valence-corrected chi connectivity index (χ2v) is 5.46. The predicted molar refractivity (Wildman–Crippen MR) is 81.7 cm³/mol. The van der Waals surface area contributed by atoms with Crippen molar-refractivity contribution in [3.05, 3.63) is 23.8 Å². The zero-order valence-electron chi connectivity index (χ0n) is 12.2. The molecular formula is C16H25ClO2. The molecule has 0 saturated heterocycles. The quantitative estimate of drug-likeness (QED) is 0.478. The predicted octanol–water partition coefficient (Wildman–Crippen LogP) is 4.82. The minimum Gasteiger partial charge on any atom is -0.493 e. The van der Waals surface area contributed by atoms with E-state index in [1.54, 1.807) is 14.2 Å². The normalized spacial score (nSPS) is 12.2. The van der Waals surface area contributed by atoms with Crippen molar-refractivity contribution in [2.45, 2.75) is 50.8 Å². The van der Waals surface area contributed by atoms with Gasteiger partial charge in [-0.25, -0.2) is 0 Å². The van der Waals surface area contributed by atoms with Gasteiger partial charge >= 0.3 is 0 Å². The third-order valence-corrected chi connectivity index (χ3v) is 3.65. The summed E-state index contributed by atoms with van der Waals surface area (Å²) < 4.78 is 10.5. The van der Waals surface area contributed by atoms with Crippen molar-refractivity contribution in [3.63, 3.8) is 0 Å². The Labute approximate surface area is 122 Å². The first-order valence-corrected chi connectivity index (χ1v) is 7.49. The highest BCUT2D eigenvalue weighted by molar-refractivity contribution is 6.20. The molecule has 0 aromatic heterocycles. The molecule has 0 N–H and O–H groups in total. The van der Waals surface area contributed by atoms with E-state index in [0.29, 0.717) is 0 Å². The Bertz CT molecular complexity index is 366. The highest BCUT2D eigenvalue weighted by Gasteiger charge is 2.09. The number of ether oxygens (including phenoxy) is 2. The van der Waals surface area contributed by atoms with Gasteiger partial charge in [-0.1, -0.05) is 38.7 Å². The van der Waals surface area contributed by atoms with Gasteiger partial charge in [0.1, 0.15) is 0 Å². The van der Waals surface area contributed by atoms with Crippen LogP contribution in [0.15, 0.2) is 18.2 Å². The molecule has 0 bridgehead atoms. The fraction of sp³-hybridized carbons (Fsp3) is 0.625. The van der Waals surface area contributed by atoms with Crippen LogP contribution in [0.1, 0.15) is 44.6 Å². The molecule has 0 heterocycles. The molecule has 0 aliphatic rings. The van der Waals surface area contributed by atoms with E-state index in [2.05, 4.69) is 13.0 Å². The van der Waals surface area contributed by atoms with E-state index in [1.807, 2.05) is 12.1 Å². The molecule has 0 amide bonds. The Morgan fingerprint density at radius 3 is 2.42 bits per heavy atom. The average Bonchev–Trinajstić information content (AvgIpc) is 2.43. The lowest BCUT2D eigenvalue weighted by Crippen LogP contribution is -2.04. The second-order valence-electron chi connectivity index (χ2n) is 4.84. The monoisotopic (exact) mass is 284 g/mol. The Morgan fingerprint density at radius 1 is 1.05 bits per heavy atom. The molecule has 0 saturated carbocycles. The summed E-state index contributed by atoms with van der Waals surface area (Å²) >= 11 is 6.39. The van der Waals surface area contributed by atoms with Crippen molar-refractivity contribution in [1.82, 2.24) is 0 Å². The van der Waals surface area contributed by atoms with Gasteiger partial charge in [0.15, 0.2) is 11.5 Å². The van der Waals surface area contributed by atoms with Gasteiger partial charge in [-0.15, -0.1) is 11.6 Å². The zero-order chi connectivity index (χ0) is 14.1. The van der Waals surface area contributed by atoms with Gasteiger partial charge in [0.2, 0.25) is 0 Å². The summed E-state index contributed by atoms with van der Waals surface area (Å²) in [4.78, 5) is 0. The Balaban J connectivity index is 2.47. The lowest BCUT2D eigenvalue weighted by Gasteiger charge is -2.12. The van der Waals surface area contributed by atoms with Crippen LogP contribution in [0.3, 0.4) is 0 Å². The summed E-state index contributed by atoms with van der Waals surface area (Å²) in [6.45, 7) is 2.22. The van der Waals surface area contributed by atoms with Gasteiger partial charge in [-0.3, -0.25) is 0 Å². The number of hydrogen-bond acceptors (Lipinski definition) is 2. The van der Waals surface area contributed by atoms with E-state index in [9.17, 15) is 0 Å². The largest absolute Gasteiger partial charge is 0.493 e. The molecule has 1 aromatic rings. The number of hydrogen-bond donors (Lipinski definition) is 0.